The number of carbonyl (C=O) groups is 3. The Morgan fingerprint density at radius 1 is 1.17 bits per heavy atom. The lowest BCUT2D eigenvalue weighted by Gasteiger charge is -2.46. The molecule has 1 amide bonds. The molecule has 8 heteroatoms. The maximum atomic E-state index is 11.9. The van der Waals surface area contributed by atoms with Gasteiger partial charge in [-0.1, -0.05) is 20.8 Å². The van der Waals surface area contributed by atoms with Crippen LogP contribution in [0.1, 0.15) is 40.5 Å². The van der Waals surface area contributed by atoms with E-state index in [4.69, 9.17) is 4.43 Å². The number of hydrogen-bond donors (Lipinski definition) is 2. The summed E-state index contributed by atoms with van der Waals surface area (Å²) in [6.07, 6.45) is -0.197. The fraction of sp³-hybridized carbons (Fsp3) is 0.800. The Balaban J connectivity index is 3.08. The lowest BCUT2D eigenvalue weighted by atomic mass is 9.85. The van der Waals surface area contributed by atoms with Crippen LogP contribution in [0.25, 0.3) is 0 Å². The Morgan fingerprint density at radius 2 is 1.65 bits per heavy atom. The van der Waals surface area contributed by atoms with Crippen molar-refractivity contribution in [3.63, 3.8) is 0 Å². The van der Waals surface area contributed by atoms with Crippen LogP contribution in [0, 0.1) is 0 Å². The molecule has 1 atom stereocenters. The summed E-state index contributed by atoms with van der Waals surface area (Å²) in [5, 5.41) is 18.8. The lowest BCUT2D eigenvalue weighted by Crippen LogP contribution is -2.66. The quantitative estimate of drug-likeness (QED) is 0.596. The van der Waals surface area contributed by atoms with E-state index in [1.807, 2.05) is 0 Å². The monoisotopic (exact) mass is 345 g/mol. The van der Waals surface area contributed by atoms with Crippen molar-refractivity contribution in [2.24, 2.45) is 0 Å². The predicted molar refractivity (Wildman–Crippen MR) is 86.7 cm³/mol. The number of carboxylic acids is 2. The fourth-order valence-electron chi connectivity index (χ4n) is 2.58. The van der Waals surface area contributed by atoms with Gasteiger partial charge in [-0.3, -0.25) is 4.79 Å². The van der Waals surface area contributed by atoms with Gasteiger partial charge in [0.2, 0.25) is 11.4 Å². The molecule has 1 saturated heterocycles. The number of carbonyl (C=O) groups excluding carboxylic acids is 1. The molecule has 0 radical (unpaired) electrons. The number of likely N-dealkylation sites (tertiary alicyclic amines) is 1. The second-order valence-electron chi connectivity index (χ2n) is 7.64. The van der Waals surface area contributed by atoms with E-state index in [0.29, 0.717) is 6.42 Å². The molecule has 0 aliphatic carbocycles. The van der Waals surface area contributed by atoms with Crippen LogP contribution >= 0.6 is 0 Å². The molecule has 132 valence electrons. The molecule has 1 aliphatic heterocycles. The number of amides is 1. The minimum absolute atomic E-state index is 0.0134. The third-order valence-corrected chi connectivity index (χ3v) is 9.57. The first kappa shape index (κ1) is 19.6. The molecular weight excluding hydrogens is 318 g/mol. The summed E-state index contributed by atoms with van der Waals surface area (Å²) in [5.74, 6) is -3.59. The van der Waals surface area contributed by atoms with Crippen molar-refractivity contribution < 1.29 is 29.0 Å². The van der Waals surface area contributed by atoms with Gasteiger partial charge in [0, 0.05) is 13.5 Å². The van der Waals surface area contributed by atoms with Crippen LogP contribution in [-0.4, -0.2) is 59.5 Å². The summed E-state index contributed by atoms with van der Waals surface area (Å²) in [6.45, 7) is 11.6. The minimum atomic E-state index is -2.20. The van der Waals surface area contributed by atoms with Crippen molar-refractivity contribution in [1.29, 1.82) is 0 Å². The minimum Gasteiger partial charge on any atom is -0.479 e. The topological polar surface area (TPSA) is 104 Å². The van der Waals surface area contributed by atoms with Gasteiger partial charge in [0.1, 0.15) is 0 Å². The first-order valence-corrected chi connectivity index (χ1v) is 10.6. The molecule has 1 heterocycles. The molecule has 1 fully saturated rings. The highest BCUT2D eigenvalue weighted by atomic mass is 28.4. The van der Waals surface area contributed by atoms with E-state index in [0.717, 1.165) is 4.90 Å². The molecule has 0 bridgehead atoms. The van der Waals surface area contributed by atoms with E-state index < -0.39 is 31.7 Å². The molecule has 0 unspecified atom stereocenters. The van der Waals surface area contributed by atoms with E-state index in [1.54, 1.807) is 0 Å². The summed E-state index contributed by atoms with van der Waals surface area (Å²) in [6, 6.07) is 0. The van der Waals surface area contributed by atoms with Crippen LogP contribution in [0.2, 0.25) is 18.1 Å². The molecular formula is C15H27NO6Si. The first-order chi connectivity index (χ1) is 10.3. The summed E-state index contributed by atoms with van der Waals surface area (Å²) in [4.78, 5) is 36.0. The molecule has 0 spiro atoms. The number of hydrogen-bond acceptors (Lipinski definition) is 4. The SMILES string of the molecule is CC(=O)N1C[C@@H](O[Si](C)(C)C(C)(C)C)CCC1(C(=O)O)C(=O)O. The molecule has 0 aromatic rings. The number of rotatable bonds is 4. The predicted octanol–water partition coefficient (Wildman–Crippen LogP) is 1.93. The van der Waals surface area contributed by atoms with E-state index in [-0.39, 0.29) is 24.1 Å². The van der Waals surface area contributed by atoms with Gasteiger partial charge in [-0.2, -0.15) is 0 Å². The van der Waals surface area contributed by atoms with Crippen LogP contribution < -0.4 is 0 Å². The highest BCUT2D eigenvalue weighted by Gasteiger charge is 2.56. The Hall–Kier alpha value is -1.41. The molecule has 0 saturated carbocycles. The zero-order valence-corrected chi connectivity index (χ0v) is 15.7. The molecule has 2 N–H and O–H groups in total. The molecule has 7 nitrogen and oxygen atoms in total. The Morgan fingerprint density at radius 3 is 2.00 bits per heavy atom. The van der Waals surface area contributed by atoms with E-state index in [1.165, 1.54) is 6.92 Å². The van der Waals surface area contributed by atoms with Crippen molar-refractivity contribution in [2.75, 3.05) is 6.54 Å². The number of piperidine rings is 1. The zero-order valence-electron chi connectivity index (χ0n) is 14.7. The van der Waals surface area contributed by atoms with Gasteiger partial charge in [-0.25, -0.2) is 9.59 Å². The van der Waals surface area contributed by atoms with Crippen LogP contribution in [0.4, 0.5) is 0 Å². The summed E-state index contributed by atoms with van der Waals surface area (Å²) >= 11 is 0. The fourth-order valence-corrected chi connectivity index (χ4v) is 3.96. The lowest BCUT2D eigenvalue weighted by molar-refractivity contribution is -0.178. The third kappa shape index (κ3) is 3.58. The second kappa shape index (κ2) is 6.24. The Kier molecular flexibility index (Phi) is 5.32. The number of carboxylic acid groups (broad SMARTS) is 2. The van der Waals surface area contributed by atoms with E-state index in [9.17, 15) is 24.6 Å². The number of nitrogens with zero attached hydrogens (tertiary/aromatic N) is 1. The van der Waals surface area contributed by atoms with Crippen LogP contribution in [-0.2, 0) is 18.8 Å². The van der Waals surface area contributed by atoms with Crippen molar-refractivity contribution in [1.82, 2.24) is 4.90 Å². The summed E-state index contributed by atoms with van der Waals surface area (Å²) in [7, 11) is -2.09. The largest absolute Gasteiger partial charge is 0.479 e. The Labute approximate surface area is 137 Å². The maximum absolute atomic E-state index is 11.9. The average molecular weight is 345 g/mol. The second-order valence-corrected chi connectivity index (χ2v) is 12.4. The third-order valence-electron chi connectivity index (χ3n) is 5.03. The average Bonchev–Trinajstić information content (AvgIpc) is 2.35. The van der Waals surface area contributed by atoms with Crippen LogP contribution in [0.5, 0.6) is 0 Å². The molecule has 0 aromatic heterocycles. The van der Waals surface area contributed by atoms with Gasteiger partial charge in [-0.05, 0) is 31.0 Å². The molecule has 23 heavy (non-hydrogen) atoms. The van der Waals surface area contributed by atoms with Gasteiger partial charge in [-0.15, -0.1) is 0 Å². The van der Waals surface area contributed by atoms with Gasteiger partial charge in [0.25, 0.3) is 0 Å². The molecule has 1 rings (SSSR count). The zero-order chi connectivity index (χ0) is 18.2. The highest BCUT2D eigenvalue weighted by Crippen LogP contribution is 2.39. The summed E-state index contributed by atoms with van der Waals surface area (Å²) in [5.41, 5.74) is -2.20. The van der Waals surface area contributed by atoms with Crippen molar-refractivity contribution >= 4 is 26.2 Å². The van der Waals surface area contributed by atoms with Crippen molar-refractivity contribution in [2.45, 2.75) is 70.3 Å². The van der Waals surface area contributed by atoms with Crippen molar-refractivity contribution in [3.05, 3.63) is 0 Å². The van der Waals surface area contributed by atoms with E-state index in [2.05, 4.69) is 33.9 Å². The first-order valence-electron chi connectivity index (χ1n) is 7.68. The maximum Gasteiger partial charge on any atom is 0.341 e. The standard InChI is InChI=1S/C15H27NO6Si/c1-10(17)16-9-11(22-23(5,6)14(2,3)4)7-8-15(16,12(18)19)13(20)21/h11H,7-9H2,1-6H3,(H,18,19)(H,20,21)/t11-/m0/s1. The van der Waals surface area contributed by atoms with Gasteiger partial charge < -0.3 is 19.5 Å². The van der Waals surface area contributed by atoms with Crippen LogP contribution in [0.3, 0.4) is 0 Å². The summed E-state index contributed by atoms with van der Waals surface area (Å²) < 4.78 is 6.24. The molecule has 1 aliphatic rings. The van der Waals surface area contributed by atoms with Gasteiger partial charge >= 0.3 is 11.9 Å². The van der Waals surface area contributed by atoms with E-state index >= 15 is 0 Å². The Bertz CT molecular complexity index is 497. The van der Waals surface area contributed by atoms with Crippen molar-refractivity contribution in [3.8, 4) is 0 Å². The van der Waals surface area contributed by atoms with Gasteiger partial charge in [0.15, 0.2) is 8.32 Å². The smallest absolute Gasteiger partial charge is 0.341 e. The van der Waals surface area contributed by atoms with Gasteiger partial charge in [0.05, 0.1) is 6.10 Å². The number of aliphatic carboxylic acids is 2. The normalized spacial score (nSPS) is 21.8. The molecule has 0 aromatic carbocycles. The highest BCUT2D eigenvalue weighted by molar-refractivity contribution is 6.74. The van der Waals surface area contributed by atoms with Crippen LogP contribution in [0.15, 0.2) is 0 Å².